The molecule has 0 saturated carbocycles. The number of hydrogen-bond acceptors (Lipinski definition) is 5. The smallest absolute Gasteiger partial charge is 0.308 e. The van der Waals surface area contributed by atoms with E-state index in [0.29, 0.717) is 11.7 Å². The van der Waals surface area contributed by atoms with Crippen molar-refractivity contribution >= 4 is 24.9 Å². The minimum absolute atomic E-state index is 0.245. The zero-order chi connectivity index (χ0) is 16.9. The van der Waals surface area contributed by atoms with Crippen LogP contribution in [0.1, 0.15) is 45.2 Å². The summed E-state index contributed by atoms with van der Waals surface area (Å²) in [6, 6.07) is 3.93. The molecule has 0 bridgehead atoms. The number of nitrogens with zero attached hydrogens (tertiary/aromatic N) is 2. The molecule has 2 rings (SSSR count). The fourth-order valence-corrected chi connectivity index (χ4v) is 3.52. The predicted molar refractivity (Wildman–Crippen MR) is 93.7 cm³/mol. The standard InChI is InChI=1S/C15H22N3O3PS/c1-4-5-8-21-22(19,20)18-14-10-23-15(17-14)12-6-7-13(11(2)3)16-9-12/h6-7,9-11H,4-5,8H2,1-3H3,(H2,18,19,20). The average molecular weight is 355 g/mol. The molecule has 2 N–H and O–H groups in total. The maximum atomic E-state index is 11.9. The maximum absolute atomic E-state index is 11.9. The van der Waals surface area contributed by atoms with Gasteiger partial charge in [-0.1, -0.05) is 27.2 Å². The van der Waals surface area contributed by atoms with Crippen molar-refractivity contribution in [3.05, 3.63) is 29.4 Å². The molecule has 126 valence electrons. The lowest BCUT2D eigenvalue weighted by Crippen LogP contribution is -2.02. The minimum Gasteiger partial charge on any atom is -0.308 e. The van der Waals surface area contributed by atoms with Crippen LogP contribution in [0.2, 0.25) is 0 Å². The van der Waals surface area contributed by atoms with Crippen LogP contribution in [0, 0.1) is 0 Å². The van der Waals surface area contributed by atoms with E-state index in [0.717, 1.165) is 29.1 Å². The van der Waals surface area contributed by atoms with Crippen LogP contribution in [-0.4, -0.2) is 21.5 Å². The third-order valence-corrected chi connectivity index (χ3v) is 5.08. The molecule has 8 heteroatoms. The van der Waals surface area contributed by atoms with Gasteiger partial charge in [-0.05, 0) is 24.5 Å². The van der Waals surface area contributed by atoms with Crippen molar-refractivity contribution in [2.24, 2.45) is 0 Å². The highest BCUT2D eigenvalue weighted by Crippen LogP contribution is 2.42. The lowest BCUT2D eigenvalue weighted by molar-refractivity contribution is 0.260. The molecule has 0 aromatic carbocycles. The molecule has 23 heavy (non-hydrogen) atoms. The molecule has 0 amide bonds. The van der Waals surface area contributed by atoms with Crippen LogP contribution in [0.4, 0.5) is 5.82 Å². The van der Waals surface area contributed by atoms with Crippen LogP contribution >= 0.6 is 19.1 Å². The van der Waals surface area contributed by atoms with Gasteiger partial charge in [0.1, 0.15) is 10.8 Å². The first-order valence-corrected chi connectivity index (χ1v) is 10.0. The van der Waals surface area contributed by atoms with Gasteiger partial charge in [-0.25, -0.2) is 9.55 Å². The molecule has 0 aliphatic heterocycles. The molecule has 0 aliphatic carbocycles. The van der Waals surface area contributed by atoms with E-state index in [9.17, 15) is 9.46 Å². The molecule has 0 fully saturated rings. The normalized spacial score (nSPS) is 14.0. The van der Waals surface area contributed by atoms with Crippen LogP contribution in [0.5, 0.6) is 0 Å². The summed E-state index contributed by atoms with van der Waals surface area (Å²) in [6.07, 6.45) is 3.41. The van der Waals surface area contributed by atoms with Crippen LogP contribution in [-0.2, 0) is 9.09 Å². The van der Waals surface area contributed by atoms with Crippen molar-refractivity contribution < 1.29 is 14.0 Å². The van der Waals surface area contributed by atoms with E-state index < -0.39 is 7.75 Å². The second-order valence-electron chi connectivity index (χ2n) is 5.48. The zero-order valence-electron chi connectivity index (χ0n) is 13.5. The van der Waals surface area contributed by atoms with Gasteiger partial charge in [0.15, 0.2) is 0 Å². The van der Waals surface area contributed by atoms with Crippen molar-refractivity contribution in [3.8, 4) is 10.6 Å². The Bertz CT molecular complexity index is 673. The van der Waals surface area contributed by atoms with E-state index in [1.165, 1.54) is 11.3 Å². The summed E-state index contributed by atoms with van der Waals surface area (Å²) in [6.45, 7) is 6.41. The molecule has 1 atom stereocenters. The van der Waals surface area contributed by atoms with Crippen molar-refractivity contribution in [2.45, 2.75) is 39.5 Å². The quantitative estimate of drug-likeness (QED) is 0.529. The highest BCUT2D eigenvalue weighted by Gasteiger charge is 2.20. The molecule has 0 aliphatic rings. The van der Waals surface area contributed by atoms with Crippen LogP contribution in [0.3, 0.4) is 0 Å². The zero-order valence-corrected chi connectivity index (χ0v) is 15.2. The van der Waals surface area contributed by atoms with Crippen LogP contribution in [0.25, 0.3) is 10.6 Å². The van der Waals surface area contributed by atoms with Gasteiger partial charge in [-0.15, -0.1) is 11.3 Å². The van der Waals surface area contributed by atoms with Crippen molar-refractivity contribution in [1.82, 2.24) is 9.97 Å². The van der Waals surface area contributed by atoms with E-state index in [-0.39, 0.29) is 6.61 Å². The summed E-state index contributed by atoms with van der Waals surface area (Å²) in [7, 11) is -3.86. The van der Waals surface area contributed by atoms with Gasteiger partial charge in [0.2, 0.25) is 0 Å². The van der Waals surface area contributed by atoms with E-state index >= 15 is 0 Å². The van der Waals surface area contributed by atoms with E-state index in [1.54, 1.807) is 11.6 Å². The Morgan fingerprint density at radius 3 is 2.83 bits per heavy atom. The SMILES string of the molecule is CCCCOP(=O)(O)Nc1csc(-c2ccc(C(C)C)nc2)n1. The van der Waals surface area contributed by atoms with Gasteiger partial charge in [-0.3, -0.25) is 14.6 Å². The largest absolute Gasteiger partial charge is 0.431 e. The third kappa shape index (κ3) is 5.39. The second kappa shape index (κ2) is 8.02. The monoisotopic (exact) mass is 355 g/mol. The number of thiazole rings is 1. The lowest BCUT2D eigenvalue weighted by Gasteiger charge is -2.11. The summed E-state index contributed by atoms with van der Waals surface area (Å²) >= 11 is 1.38. The van der Waals surface area contributed by atoms with Crippen molar-refractivity contribution in [2.75, 3.05) is 11.7 Å². The Balaban J connectivity index is 2.04. The highest BCUT2D eigenvalue weighted by molar-refractivity contribution is 7.54. The Labute approximate surface area is 140 Å². The second-order valence-corrected chi connectivity index (χ2v) is 7.86. The number of pyridine rings is 1. The van der Waals surface area contributed by atoms with Crippen molar-refractivity contribution in [1.29, 1.82) is 0 Å². The first-order chi connectivity index (χ1) is 10.9. The lowest BCUT2D eigenvalue weighted by atomic mass is 10.1. The van der Waals surface area contributed by atoms with Gasteiger partial charge in [0.25, 0.3) is 0 Å². The summed E-state index contributed by atoms with van der Waals surface area (Å²) < 4.78 is 16.9. The third-order valence-electron chi connectivity index (χ3n) is 3.15. The predicted octanol–water partition coefficient (Wildman–Crippen LogP) is 4.66. The van der Waals surface area contributed by atoms with Crippen LogP contribution < -0.4 is 5.09 Å². The number of rotatable bonds is 8. The first-order valence-electron chi connectivity index (χ1n) is 7.58. The van der Waals surface area contributed by atoms with E-state index in [4.69, 9.17) is 4.52 Å². The number of aromatic nitrogens is 2. The van der Waals surface area contributed by atoms with Gasteiger partial charge >= 0.3 is 7.75 Å². The summed E-state index contributed by atoms with van der Waals surface area (Å²) in [5, 5.41) is 4.90. The maximum Gasteiger partial charge on any atom is 0.431 e. The minimum atomic E-state index is -3.86. The molecule has 6 nitrogen and oxygen atoms in total. The molecule has 0 saturated heterocycles. The summed E-state index contributed by atoms with van der Waals surface area (Å²) in [4.78, 5) is 18.5. The molecule has 0 radical (unpaired) electrons. The molecule has 2 aromatic heterocycles. The molecule has 2 aromatic rings. The number of anilines is 1. The molecule has 2 heterocycles. The van der Waals surface area contributed by atoms with Crippen LogP contribution in [0.15, 0.2) is 23.7 Å². The molecular weight excluding hydrogens is 333 g/mol. The fraction of sp³-hybridized carbons (Fsp3) is 0.467. The Morgan fingerprint density at radius 1 is 1.43 bits per heavy atom. The van der Waals surface area contributed by atoms with Gasteiger partial charge in [0.05, 0.1) is 6.61 Å². The van der Waals surface area contributed by atoms with Crippen molar-refractivity contribution in [3.63, 3.8) is 0 Å². The number of hydrogen-bond donors (Lipinski definition) is 2. The van der Waals surface area contributed by atoms with Gasteiger partial charge in [0, 0.05) is 22.8 Å². The van der Waals surface area contributed by atoms with Gasteiger partial charge in [-0.2, -0.15) is 0 Å². The van der Waals surface area contributed by atoms with E-state index in [2.05, 4.69) is 28.9 Å². The molecular formula is C15H22N3O3PS. The van der Waals surface area contributed by atoms with E-state index in [1.807, 2.05) is 19.1 Å². The Morgan fingerprint density at radius 2 is 2.22 bits per heavy atom. The average Bonchev–Trinajstić information content (AvgIpc) is 2.95. The topological polar surface area (TPSA) is 84.3 Å². The Hall–Kier alpha value is -1.27. The highest BCUT2D eigenvalue weighted by atomic mass is 32.1. The number of unbranched alkanes of at least 4 members (excludes halogenated alkanes) is 1. The summed E-state index contributed by atoms with van der Waals surface area (Å²) in [5.41, 5.74) is 1.90. The molecule has 1 unspecified atom stereocenters. The molecule has 0 spiro atoms. The van der Waals surface area contributed by atoms with Gasteiger partial charge < -0.3 is 4.89 Å². The number of nitrogens with one attached hydrogen (secondary N) is 1. The fourth-order valence-electron chi connectivity index (χ4n) is 1.84. The Kier molecular flexibility index (Phi) is 6.30. The summed E-state index contributed by atoms with van der Waals surface area (Å²) in [5.74, 6) is 0.707. The first kappa shape index (κ1) is 18.1.